The van der Waals surface area contributed by atoms with Crippen LogP contribution in [0.3, 0.4) is 0 Å². The number of ether oxygens (including phenoxy) is 2. The van der Waals surface area contributed by atoms with E-state index in [1.165, 1.54) is 26.0 Å². The van der Waals surface area contributed by atoms with Gasteiger partial charge in [-0.3, -0.25) is 0 Å². The van der Waals surface area contributed by atoms with Gasteiger partial charge in [0.1, 0.15) is 6.61 Å². The van der Waals surface area contributed by atoms with E-state index in [9.17, 15) is 34.8 Å². The molecule has 0 amide bonds. The van der Waals surface area contributed by atoms with E-state index in [2.05, 4.69) is 0 Å². The van der Waals surface area contributed by atoms with Crippen LogP contribution < -0.4 is 4.90 Å². The topological polar surface area (TPSA) is 59.1 Å². The average Bonchev–Trinajstić information content (AvgIpc) is 2.70. The van der Waals surface area contributed by atoms with E-state index in [1.54, 1.807) is 4.90 Å². The maximum absolute atomic E-state index is 13.3. The zero-order valence-electron chi connectivity index (χ0n) is 18.4. The number of piperidine rings is 1. The molecule has 0 aromatic heterocycles. The second-order valence-electron chi connectivity index (χ2n) is 8.96. The highest BCUT2D eigenvalue weighted by Gasteiger charge is 2.50. The highest BCUT2D eigenvalue weighted by atomic mass is 35.5. The monoisotopic (exact) mass is 538 g/mol. The lowest BCUT2D eigenvalue weighted by molar-refractivity contribution is -0.265. The summed E-state index contributed by atoms with van der Waals surface area (Å²) in [5.74, 6) is 0. The predicted octanol–water partition coefficient (Wildman–Crippen LogP) is 4.62. The highest BCUT2D eigenvalue weighted by Crippen LogP contribution is 2.36. The molecule has 3 rings (SSSR count). The molecule has 6 nitrogen and oxygen atoms in total. The molecule has 0 aliphatic carbocycles. The van der Waals surface area contributed by atoms with Crippen molar-refractivity contribution < 1.29 is 44.2 Å². The summed E-state index contributed by atoms with van der Waals surface area (Å²) in [7, 11) is -4.33. The zero-order chi connectivity index (χ0) is 25.5. The van der Waals surface area contributed by atoms with Crippen molar-refractivity contribution in [3.8, 4) is 0 Å². The minimum atomic E-state index is -4.74. The van der Waals surface area contributed by atoms with Crippen LogP contribution in [-0.2, 0) is 19.5 Å². The molecule has 34 heavy (non-hydrogen) atoms. The standard InChI is InChI=1S/C20H25ClF6N2O4S/c1-18(2)11-29(10-17(33-18)20(25,26)27)34(30,31)14-5-6-16(15(21)8-14)28-7-3-4-13(9-28)32-12-19(22,23)24/h5-6,8,13,17H,3-4,7,9-12H2,1-2H3. The molecule has 14 heteroatoms. The second kappa shape index (κ2) is 9.64. The second-order valence-corrected chi connectivity index (χ2v) is 11.3. The van der Waals surface area contributed by atoms with Gasteiger partial charge in [0.15, 0.2) is 6.10 Å². The van der Waals surface area contributed by atoms with Gasteiger partial charge in [0, 0.05) is 26.2 Å². The zero-order valence-corrected chi connectivity index (χ0v) is 20.0. The molecular formula is C20H25ClF6N2O4S. The number of hydrogen-bond acceptors (Lipinski definition) is 5. The fraction of sp³-hybridized carbons (Fsp3) is 0.700. The van der Waals surface area contributed by atoms with E-state index >= 15 is 0 Å². The van der Waals surface area contributed by atoms with Crippen molar-refractivity contribution in [1.82, 2.24) is 4.31 Å². The Balaban J connectivity index is 1.78. The first kappa shape index (κ1) is 27.3. The highest BCUT2D eigenvalue weighted by molar-refractivity contribution is 7.89. The van der Waals surface area contributed by atoms with Gasteiger partial charge in [0.2, 0.25) is 10.0 Å². The minimum absolute atomic E-state index is 0.0115. The Morgan fingerprint density at radius 2 is 1.85 bits per heavy atom. The third kappa shape index (κ3) is 6.68. The number of sulfonamides is 1. The summed E-state index contributed by atoms with van der Waals surface area (Å²) in [6.07, 6.45) is -11.2. The number of alkyl halides is 6. The summed E-state index contributed by atoms with van der Waals surface area (Å²) in [4.78, 5) is 1.41. The van der Waals surface area contributed by atoms with Crippen LogP contribution in [0.5, 0.6) is 0 Å². The van der Waals surface area contributed by atoms with Crippen molar-refractivity contribution in [1.29, 1.82) is 0 Å². The lowest BCUT2D eigenvalue weighted by Crippen LogP contribution is -2.58. The van der Waals surface area contributed by atoms with Crippen molar-refractivity contribution in [3.05, 3.63) is 23.2 Å². The maximum Gasteiger partial charge on any atom is 0.415 e. The Morgan fingerprint density at radius 1 is 1.18 bits per heavy atom. The molecule has 0 N–H and O–H groups in total. The molecule has 1 aromatic rings. The van der Waals surface area contributed by atoms with Gasteiger partial charge in [-0.1, -0.05) is 11.6 Å². The molecule has 2 aliphatic heterocycles. The number of halogens is 7. The summed E-state index contributed by atoms with van der Waals surface area (Å²) in [6.45, 7) is 0.805. The number of benzene rings is 1. The van der Waals surface area contributed by atoms with Crippen molar-refractivity contribution in [2.45, 2.75) is 61.7 Å². The molecule has 194 valence electrons. The average molecular weight is 539 g/mol. The Hall–Kier alpha value is -1.28. The number of hydrogen-bond donors (Lipinski definition) is 0. The van der Waals surface area contributed by atoms with Crippen molar-refractivity contribution in [2.24, 2.45) is 0 Å². The molecule has 0 bridgehead atoms. The van der Waals surface area contributed by atoms with E-state index in [0.29, 0.717) is 25.1 Å². The fourth-order valence-electron chi connectivity index (χ4n) is 4.05. The van der Waals surface area contributed by atoms with Gasteiger partial charge < -0.3 is 14.4 Å². The third-order valence-corrected chi connectivity index (χ3v) is 7.62. The molecule has 2 unspecified atom stereocenters. The Kier molecular flexibility index (Phi) is 7.74. The van der Waals surface area contributed by atoms with Gasteiger partial charge in [-0.15, -0.1) is 0 Å². The molecule has 0 spiro atoms. The number of rotatable bonds is 5. The first-order valence-corrected chi connectivity index (χ1v) is 12.3. The largest absolute Gasteiger partial charge is 0.415 e. The quantitative estimate of drug-likeness (QED) is 0.512. The number of nitrogens with zero attached hydrogens (tertiary/aromatic N) is 2. The van der Waals surface area contributed by atoms with E-state index in [4.69, 9.17) is 21.1 Å². The fourth-order valence-corrected chi connectivity index (χ4v) is 6.03. The van der Waals surface area contributed by atoms with Crippen molar-refractivity contribution in [3.63, 3.8) is 0 Å². The molecular weight excluding hydrogens is 514 g/mol. The summed E-state index contributed by atoms with van der Waals surface area (Å²) in [5, 5.41) is 0.0115. The Labute approximate surface area is 198 Å². The molecule has 2 fully saturated rings. The van der Waals surface area contributed by atoms with Gasteiger partial charge in [-0.05, 0) is 44.9 Å². The maximum atomic E-state index is 13.3. The first-order chi connectivity index (χ1) is 15.5. The number of morpholine rings is 1. The van der Waals surface area contributed by atoms with Crippen LogP contribution >= 0.6 is 11.6 Å². The van der Waals surface area contributed by atoms with Crippen molar-refractivity contribution in [2.75, 3.05) is 37.7 Å². The lowest BCUT2D eigenvalue weighted by Gasteiger charge is -2.42. The van der Waals surface area contributed by atoms with Crippen LogP contribution in [0.15, 0.2) is 23.1 Å². The van der Waals surface area contributed by atoms with Crippen LogP contribution in [0.2, 0.25) is 5.02 Å². The van der Waals surface area contributed by atoms with E-state index in [-0.39, 0.29) is 23.0 Å². The minimum Gasteiger partial charge on any atom is -0.368 e. The van der Waals surface area contributed by atoms with Gasteiger partial charge in [-0.2, -0.15) is 30.6 Å². The molecule has 2 heterocycles. The predicted molar refractivity (Wildman–Crippen MR) is 112 cm³/mol. The van der Waals surface area contributed by atoms with Crippen LogP contribution in [0.4, 0.5) is 32.0 Å². The third-order valence-electron chi connectivity index (χ3n) is 5.51. The van der Waals surface area contributed by atoms with Crippen LogP contribution in [-0.4, -0.2) is 75.7 Å². The normalized spacial score (nSPS) is 24.9. The number of anilines is 1. The summed E-state index contributed by atoms with van der Waals surface area (Å²) in [6, 6.07) is 3.76. The SMILES string of the molecule is CC1(C)CN(S(=O)(=O)c2ccc(N3CCCC(OCC(F)(F)F)C3)c(Cl)c2)CC(C(F)(F)F)O1. The summed E-state index contributed by atoms with van der Waals surface area (Å²) in [5.41, 5.74) is -0.967. The molecule has 0 saturated carbocycles. The van der Waals surface area contributed by atoms with Crippen LogP contribution in [0.25, 0.3) is 0 Å². The van der Waals surface area contributed by atoms with Crippen LogP contribution in [0, 0.1) is 0 Å². The molecule has 1 aromatic carbocycles. The summed E-state index contributed by atoms with van der Waals surface area (Å²) >= 11 is 6.31. The molecule has 2 atom stereocenters. The van der Waals surface area contributed by atoms with Gasteiger partial charge in [-0.25, -0.2) is 8.42 Å². The Morgan fingerprint density at radius 3 is 2.44 bits per heavy atom. The first-order valence-electron chi connectivity index (χ1n) is 10.5. The smallest absolute Gasteiger partial charge is 0.368 e. The van der Waals surface area contributed by atoms with Gasteiger partial charge in [0.25, 0.3) is 0 Å². The van der Waals surface area contributed by atoms with Gasteiger partial charge in [0.05, 0.1) is 27.3 Å². The van der Waals surface area contributed by atoms with E-state index < -0.39 is 53.3 Å². The Bertz CT molecular complexity index is 986. The summed E-state index contributed by atoms with van der Waals surface area (Å²) < 4.78 is 114. The van der Waals surface area contributed by atoms with Crippen molar-refractivity contribution >= 4 is 27.3 Å². The lowest BCUT2D eigenvalue weighted by atomic mass is 10.1. The van der Waals surface area contributed by atoms with Crippen LogP contribution in [0.1, 0.15) is 26.7 Å². The molecule has 0 radical (unpaired) electrons. The van der Waals surface area contributed by atoms with Gasteiger partial charge >= 0.3 is 12.4 Å². The molecule has 2 saturated heterocycles. The molecule has 2 aliphatic rings. The van der Waals surface area contributed by atoms with E-state index in [1.807, 2.05) is 0 Å². The van der Waals surface area contributed by atoms with E-state index in [0.717, 1.165) is 10.4 Å².